The molecule has 2 aliphatic heterocycles. The number of para-hydroxylation sites is 1. The van der Waals surface area contributed by atoms with Gasteiger partial charge in [0.25, 0.3) is 5.91 Å². The maximum Gasteiger partial charge on any atom is 0.265 e. The summed E-state index contributed by atoms with van der Waals surface area (Å²) in [4.78, 5) is 30.3. The van der Waals surface area contributed by atoms with Gasteiger partial charge >= 0.3 is 0 Å². The highest BCUT2D eigenvalue weighted by molar-refractivity contribution is 6.10. The van der Waals surface area contributed by atoms with Gasteiger partial charge in [-0.05, 0) is 44.0 Å². The van der Waals surface area contributed by atoms with Crippen LogP contribution in [0.3, 0.4) is 0 Å². The van der Waals surface area contributed by atoms with E-state index in [0.29, 0.717) is 23.5 Å². The Labute approximate surface area is 178 Å². The summed E-state index contributed by atoms with van der Waals surface area (Å²) in [6.45, 7) is 4.42. The molecule has 0 aromatic heterocycles. The number of rotatable bonds is 6. The van der Waals surface area contributed by atoms with Crippen molar-refractivity contribution in [3.63, 3.8) is 0 Å². The maximum absolute atomic E-state index is 13.4. The second-order valence-corrected chi connectivity index (χ2v) is 8.43. The standard InChI is InChI=1S/C25H30N2O3/c1-2-19-11-13-20(14-12-19)23(28)17-25(30)21-9-5-6-10-22(21)27(24(25)29)18-26-15-7-3-4-8-16-26/h5-6,9-14,30H,2-4,7-8,15-18H2,1H3. The molecule has 2 heterocycles. The van der Waals surface area contributed by atoms with Gasteiger partial charge in [0.05, 0.1) is 18.8 Å². The Morgan fingerprint density at radius 1 is 1.00 bits per heavy atom. The van der Waals surface area contributed by atoms with E-state index in [1.165, 1.54) is 12.8 Å². The molecule has 1 saturated heterocycles. The summed E-state index contributed by atoms with van der Waals surface area (Å²) in [5.41, 5.74) is 1.10. The lowest BCUT2D eigenvalue weighted by molar-refractivity contribution is -0.136. The first kappa shape index (κ1) is 20.8. The fourth-order valence-electron chi connectivity index (χ4n) is 4.56. The summed E-state index contributed by atoms with van der Waals surface area (Å²) >= 11 is 0. The Kier molecular flexibility index (Phi) is 6.02. The van der Waals surface area contributed by atoms with Gasteiger partial charge in [-0.15, -0.1) is 0 Å². The molecule has 2 aromatic rings. The average molecular weight is 407 g/mol. The molecular weight excluding hydrogens is 376 g/mol. The third kappa shape index (κ3) is 3.92. The molecule has 158 valence electrons. The summed E-state index contributed by atoms with van der Waals surface area (Å²) in [6, 6.07) is 14.7. The van der Waals surface area contributed by atoms with Crippen molar-refractivity contribution in [1.29, 1.82) is 0 Å². The van der Waals surface area contributed by atoms with Gasteiger partial charge in [-0.3, -0.25) is 19.4 Å². The van der Waals surface area contributed by atoms with Crippen LogP contribution in [-0.2, 0) is 16.8 Å². The van der Waals surface area contributed by atoms with E-state index in [1.54, 1.807) is 23.1 Å². The molecule has 1 amide bonds. The smallest absolute Gasteiger partial charge is 0.265 e. The van der Waals surface area contributed by atoms with Gasteiger partial charge in [0.1, 0.15) is 0 Å². The summed E-state index contributed by atoms with van der Waals surface area (Å²) in [5.74, 6) is -0.619. The summed E-state index contributed by atoms with van der Waals surface area (Å²) in [6.07, 6.45) is 5.34. The van der Waals surface area contributed by atoms with Crippen molar-refractivity contribution in [3.8, 4) is 0 Å². The van der Waals surface area contributed by atoms with Crippen LogP contribution in [0.2, 0.25) is 0 Å². The molecule has 0 saturated carbocycles. The molecule has 5 heteroatoms. The minimum Gasteiger partial charge on any atom is -0.375 e. The van der Waals surface area contributed by atoms with Crippen LogP contribution in [0.15, 0.2) is 48.5 Å². The molecule has 0 radical (unpaired) electrons. The SMILES string of the molecule is CCc1ccc(C(=O)CC2(O)C(=O)N(CN3CCCCCC3)c3ccccc32)cc1. The lowest BCUT2D eigenvalue weighted by atomic mass is 9.88. The van der Waals surface area contributed by atoms with Gasteiger partial charge in [0.2, 0.25) is 0 Å². The lowest BCUT2D eigenvalue weighted by Crippen LogP contribution is -2.46. The highest BCUT2D eigenvalue weighted by Gasteiger charge is 2.51. The normalized spacial score (nSPS) is 22.1. The van der Waals surface area contributed by atoms with E-state index >= 15 is 0 Å². The van der Waals surface area contributed by atoms with Crippen molar-refractivity contribution in [2.45, 2.75) is 51.0 Å². The van der Waals surface area contributed by atoms with E-state index in [9.17, 15) is 14.7 Å². The Balaban J connectivity index is 1.59. The Morgan fingerprint density at radius 2 is 1.67 bits per heavy atom. The molecular formula is C25H30N2O3. The Hall–Kier alpha value is -2.50. The number of benzene rings is 2. The third-order valence-electron chi connectivity index (χ3n) is 6.38. The number of hydrogen-bond acceptors (Lipinski definition) is 4. The highest BCUT2D eigenvalue weighted by atomic mass is 16.3. The molecule has 2 aliphatic rings. The largest absolute Gasteiger partial charge is 0.375 e. The van der Waals surface area contributed by atoms with E-state index in [2.05, 4.69) is 11.8 Å². The monoisotopic (exact) mass is 406 g/mol. The molecule has 30 heavy (non-hydrogen) atoms. The summed E-state index contributed by atoms with van der Waals surface area (Å²) in [7, 11) is 0. The first-order valence-corrected chi connectivity index (χ1v) is 11.0. The number of likely N-dealkylation sites (tertiary alicyclic amines) is 1. The van der Waals surface area contributed by atoms with Crippen molar-refractivity contribution in [1.82, 2.24) is 4.90 Å². The first-order valence-electron chi connectivity index (χ1n) is 11.0. The number of hydrogen-bond donors (Lipinski definition) is 1. The number of fused-ring (bicyclic) bond motifs is 1. The van der Waals surface area contributed by atoms with Gasteiger partial charge in [-0.25, -0.2) is 0 Å². The fraction of sp³-hybridized carbons (Fsp3) is 0.440. The van der Waals surface area contributed by atoms with E-state index < -0.39 is 11.5 Å². The quantitative estimate of drug-likeness (QED) is 0.740. The predicted molar refractivity (Wildman–Crippen MR) is 118 cm³/mol. The van der Waals surface area contributed by atoms with Crippen molar-refractivity contribution < 1.29 is 14.7 Å². The molecule has 1 atom stereocenters. The topological polar surface area (TPSA) is 60.9 Å². The number of carbonyl (C=O) groups excluding carboxylic acids is 2. The van der Waals surface area contributed by atoms with E-state index in [0.717, 1.165) is 37.9 Å². The molecule has 1 fully saturated rings. The van der Waals surface area contributed by atoms with Gasteiger partial charge in [-0.1, -0.05) is 62.2 Å². The molecule has 0 bridgehead atoms. The maximum atomic E-state index is 13.4. The number of amides is 1. The second-order valence-electron chi connectivity index (χ2n) is 8.43. The summed E-state index contributed by atoms with van der Waals surface area (Å²) in [5, 5.41) is 11.5. The number of aliphatic hydroxyl groups is 1. The molecule has 5 nitrogen and oxygen atoms in total. The Morgan fingerprint density at radius 3 is 2.33 bits per heavy atom. The number of ketones is 1. The van der Waals surface area contributed by atoms with Gasteiger partial charge in [0, 0.05) is 11.1 Å². The van der Waals surface area contributed by atoms with Crippen LogP contribution in [0.4, 0.5) is 5.69 Å². The lowest BCUT2D eigenvalue weighted by Gasteiger charge is -2.28. The summed E-state index contributed by atoms with van der Waals surface area (Å²) < 4.78 is 0. The first-order chi connectivity index (χ1) is 14.5. The van der Waals surface area contributed by atoms with E-state index in [-0.39, 0.29) is 12.2 Å². The number of anilines is 1. The fourth-order valence-corrected chi connectivity index (χ4v) is 4.56. The van der Waals surface area contributed by atoms with Crippen molar-refractivity contribution >= 4 is 17.4 Å². The molecule has 0 aliphatic carbocycles. The minimum absolute atomic E-state index is 0.222. The number of carbonyl (C=O) groups is 2. The van der Waals surface area contributed by atoms with Gasteiger partial charge in [0.15, 0.2) is 11.4 Å². The molecule has 0 spiro atoms. The second kappa shape index (κ2) is 8.70. The zero-order valence-electron chi connectivity index (χ0n) is 17.6. The average Bonchev–Trinajstić information content (AvgIpc) is 2.95. The third-order valence-corrected chi connectivity index (χ3v) is 6.38. The minimum atomic E-state index is -1.82. The van der Waals surface area contributed by atoms with Gasteiger partial charge in [-0.2, -0.15) is 0 Å². The van der Waals surface area contributed by atoms with Crippen LogP contribution < -0.4 is 4.90 Å². The van der Waals surface area contributed by atoms with Crippen LogP contribution >= 0.6 is 0 Å². The molecule has 4 rings (SSSR count). The van der Waals surface area contributed by atoms with Crippen LogP contribution in [0, 0.1) is 0 Å². The molecule has 2 aromatic carbocycles. The van der Waals surface area contributed by atoms with Crippen molar-refractivity contribution in [3.05, 3.63) is 65.2 Å². The van der Waals surface area contributed by atoms with E-state index in [1.807, 2.05) is 30.3 Å². The van der Waals surface area contributed by atoms with Crippen LogP contribution in [0.5, 0.6) is 0 Å². The van der Waals surface area contributed by atoms with Crippen molar-refractivity contribution in [2.24, 2.45) is 0 Å². The Bertz CT molecular complexity index is 916. The van der Waals surface area contributed by atoms with E-state index in [4.69, 9.17) is 0 Å². The zero-order valence-corrected chi connectivity index (χ0v) is 17.6. The van der Waals surface area contributed by atoms with Gasteiger partial charge < -0.3 is 5.11 Å². The van der Waals surface area contributed by atoms with Crippen LogP contribution in [-0.4, -0.2) is 41.5 Å². The molecule has 1 N–H and O–H groups in total. The number of Topliss-reactive ketones (excluding diaryl/α,β-unsaturated/α-hetero) is 1. The predicted octanol–water partition coefficient (Wildman–Crippen LogP) is 3.89. The molecule has 1 unspecified atom stereocenters. The number of aryl methyl sites for hydroxylation is 1. The van der Waals surface area contributed by atoms with Crippen LogP contribution in [0.1, 0.15) is 60.5 Å². The zero-order chi connectivity index (χ0) is 21.1. The van der Waals surface area contributed by atoms with Crippen LogP contribution in [0.25, 0.3) is 0 Å². The number of nitrogens with zero attached hydrogens (tertiary/aromatic N) is 2. The highest BCUT2D eigenvalue weighted by Crippen LogP contribution is 2.43. The van der Waals surface area contributed by atoms with Crippen molar-refractivity contribution in [2.75, 3.05) is 24.7 Å².